The Hall–Kier alpha value is -1.18. The van der Waals surface area contributed by atoms with E-state index >= 15 is 0 Å². The summed E-state index contributed by atoms with van der Waals surface area (Å²) in [7, 11) is 1.63. The van der Waals surface area contributed by atoms with Crippen molar-refractivity contribution in [2.45, 2.75) is 4.90 Å². The summed E-state index contributed by atoms with van der Waals surface area (Å²) in [6, 6.07) is 7.73. The molecule has 2 rings (SSSR count). The molecule has 0 bridgehead atoms. The Morgan fingerprint density at radius 3 is 2.93 bits per heavy atom. The van der Waals surface area contributed by atoms with Gasteiger partial charge >= 0.3 is 0 Å². The Bertz CT molecular complexity index is 525. The van der Waals surface area contributed by atoms with Gasteiger partial charge < -0.3 is 4.74 Å². The van der Waals surface area contributed by atoms with Gasteiger partial charge in [0.1, 0.15) is 6.07 Å². The minimum atomic E-state index is 0.602. The van der Waals surface area contributed by atoms with Gasteiger partial charge in [-0.1, -0.05) is 17.4 Å². The van der Waals surface area contributed by atoms with Crippen molar-refractivity contribution in [3.63, 3.8) is 0 Å². The number of benzene rings is 1. The van der Waals surface area contributed by atoms with Gasteiger partial charge in [0.05, 0.1) is 17.4 Å². The summed E-state index contributed by atoms with van der Waals surface area (Å²) in [5, 5.41) is 10.7. The monoisotopic (exact) mass is 221 g/mol. The molecule has 0 amide bonds. The highest BCUT2D eigenvalue weighted by molar-refractivity contribution is 7.80. The van der Waals surface area contributed by atoms with Gasteiger partial charge in [-0.25, -0.2) is 0 Å². The molecule has 0 aliphatic rings. The van der Waals surface area contributed by atoms with Gasteiger partial charge in [0.25, 0.3) is 0 Å². The van der Waals surface area contributed by atoms with E-state index in [0.29, 0.717) is 5.56 Å². The number of hydrogen-bond donors (Lipinski definition) is 1. The van der Waals surface area contributed by atoms with E-state index in [4.69, 9.17) is 10.00 Å². The van der Waals surface area contributed by atoms with Gasteiger partial charge in [-0.05, 0) is 17.5 Å². The number of thiol groups is 1. The van der Waals surface area contributed by atoms with Gasteiger partial charge in [-0.3, -0.25) is 0 Å². The van der Waals surface area contributed by atoms with Crippen molar-refractivity contribution in [2.24, 2.45) is 0 Å². The number of fused-ring (bicyclic) bond motifs is 1. The molecule has 14 heavy (non-hydrogen) atoms. The van der Waals surface area contributed by atoms with Crippen molar-refractivity contribution >= 4 is 34.1 Å². The third-order valence-corrected chi connectivity index (χ3v) is 3.71. The first kappa shape index (κ1) is 9.38. The fraction of sp³-hybridized carbons (Fsp3) is 0.100. The second-order valence-electron chi connectivity index (χ2n) is 2.76. The average molecular weight is 221 g/mol. The van der Waals surface area contributed by atoms with Gasteiger partial charge in [0.2, 0.25) is 0 Å². The summed E-state index contributed by atoms with van der Waals surface area (Å²) < 4.78 is 6.13. The molecule has 2 aromatic rings. The average Bonchev–Trinajstić information content (AvgIpc) is 2.62. The van der Waals surface area contributed by atoms with Crippen LogP contribution in [0.25, 0.3) is 10.1 Å². The zero-order valence-electron chi connectivity index (χ0n) is 7.44. The van der Waals surface area contributed by atoms with Gasteiger partial charge in [0, 0.05) is 4.90 Å². The van der Waals surface area contributed by atoms with Crippen LogP contribution in [0.5, 0.6) is 5.06 Å². The SMILES string of the molecule is COc1cc2ccc(C#N)c(S)c2s1. The third kappa shape index (κ3) is 1.35. The molecule has 4 heteroatoms. The fourth-order valence-corrected chi connectivity index (χ4v) is 2.57. The Morgan fingerprint density at radius 1 is 1.50 bits per heavy atom. The zero-order valence-corrected chi connectivity index (χ0v) is 9.15. The molecular formula is C10H7NOS2. The van der Waals surface area contributed by atoms with Crippen LogP contribution >= 0.6 is 24.0 Å². The van der Waals surface area contributed by atoms with Crippen molar-refractivity contribution in [1.82, 2.24) is 0 Å². The van der Waals surface area contributed by atoms with Crippen LogP contribution in [0.3, 0.4) is 0 Å². The molecule has 0 aliphatic heterocycles. The summed E-state index contributed by atoms with van der Waals surface area (Å²) in [4.78, 5) is 0.735. The second-order valence-corrected chi connectivity index (χ2v) is 4.22. The molecule has 1 heterocycles. The molecule has 0 saturated heterocycles. The first-order chi connectivity index (χ1) is 6.76. The summed E-state index contributed by atoms with van der Waals surface area (Å²) in [6.45, 7) is 0. The number of nitrogens with zero attached hydrogens (tertiary/aromatic N) is 1. The Morgan fingerprint density at radius 2 is 2.29 bits per heavy atom. The predicted molar refractivity (Wildman–Crippen MR) is 60.3 cm³/mol. The smallest absolute Gasteiger partial charge is 0.174 e. The standard InChI is InChI=1S/C10H7NOS2/c1-12-8-4-6-2-3-7(5-11)9(13)10(6)14-8/h2-4,13H,1H3. The lowest BCUT2D eigenvalue weighted by atomic mass is 10.2. The number of nitriles is 1. The lowest BCUT2D eigenvalue weighted by molar-refractivity contribution is 0.427. The molecule has 0 atom stereocenters. The molecule has 0 aliphatic carbocycles. The maximum absolute atomic E-state index is 8.82. The van der Waals surface area contributed by atoms with E-state index in [1.807, 2.05) is 12.1 Å². The molecule has 0 radical (unpaired) electrons. The molecule has 2 nitrogen and oxygen atoms in total. The number of ether oxygens (including phenoxy) is 1. The van der Waals surface area contributed by atoms with Crippen LogP contribution in [0.4, 0.5) is 0 Å². The summed E-state index contributed by atoms with van der Waals surface area (Å²) >= 11 is 5.83. The highest BCUT2D eigenvalue weighted by Crippen LogP contribution is 2.36. The lowest BCUT2D eigenvalue weighted by Crippen LogP contribution is -1.76. The largest absolute Gasteiger partial charge is 0.487 e. The van der Waals surface area contributed by atoms with E-state index in [1.165, 1.54) is 11.3 Å². The molecule has 1 aromatic carbocycles. The van der Waals surface area contributed by atoms with Crippen LogP contribution in [-0.4, -0.2) is 7.11 Å². The first-order valence-corrected chi connectivity index (χ1v) is 5.22. The molecule has 0 fully saturated rings. The number of rotatable bonds is 1. The molecular weight excluding hydrogens is 214 g/mol. The highest BCUT2D eigenvalue weighted by Gasteiger charge is 2.08. The van der Waals surface area contributed by atoms with Crippen LogP contribution in [0.1, 0.15) is 5.56 Å². The van der Waals surface area contributed by atoms with Crippen LogP contribution in [0.15, 0.2) is 23.1 Å². The van der Waals surface area contributed by atoms with E-state index in [1.54, 1.807) is 13.2 Å². The van der Waals surface area contributed by atoms with Crippen molar-refractivity contribution in [1.29, 1.82) is 5.26 Å². The topological polar surface area (TPSA) is 33.0 Å². The van der Waals surface area contributed by atoms with E-state index in [2.05, 4.69) is 18.7 Å². The maximum atomic E-state index is 8.82. The lowest BCUT2D eigenvalue weighted by Gasteiger charge is -1.95. The second kappa shape index (κ2) is 3.52. The quantitative estimate of drug-likeness (QED) is 0.751. The summed E-state index contributed by atoms with van der Waals surface area (Å²) in [5.41, 5.74) is 0.602. The van der Waals surface area contributed by atoms with E-state index in [0.717, 1.165) is 20.0 Å². The zero-order chi connectivity index (χ0) is 10.1. The van der Waals surface area contributed by atoms with E-state index in [-0.39, 0.29) is 0 Å². The van der Waals surface area contributed by atoms with Gasteiger partial charge in [0.15, 0.2) is 5.06 Å². The maximum Gasteiger partial charge on any atom is 0.174 e. The van der Waals surface area contributed by atoms with Crippen molar-refractivity contribution in [3.05, 3.63) is 23.8 Å². The predicted octanol–water partition coefficient (Wildman–Crippen LogP) is 3.07. The number of hydrogen-bond acceptors (Lipinski definition) is 4. The Kier molecular flexibility index (Phi) is 2.36. The fourth-order valence-electron chi connectivity index (χ4n) is 1.26. The summed E-state index contributed by atoms with van der Waals surface area (Å²) in [6.07, 6.45) is 0. The third-order valence-electron chi connectivity index (χ3n) is 1.96. The molecule has 70 valence electrons. The highest BCUT2D eigenvalue weighted by atomic mass is 32.1. The van der Waals surface area contributed by atoms with Crippen LogP contribution in [0, 0.1) is 11.3 Å². The van der Waals surface area contributed by atoms with Crippen molar-refractivity contribution in [3.8, 4) is 11.1 Å². The minimum Gasteiger partial charge on any atom is -0.487 e. The van der Waals surface area contributed by atoms with Gasteiger partial charge in [-0.2, -0.15) is 5.26 Å². The van der Waals surface area contributed by atoms with Crippen molar-refractivity contribution in [2.75, 3.05) is 7.11 Å². The van der Waals surface area contributed by atoms with Crippen LogP contribution < -0.4 is 4.74 Å². The summed E-state index contributed by atoms with van der Waals surface area (Å²) in [5.74, 6) is 0. The molecule has 1 aromatic heterocycles. The molecule has 0 spiro atoms. The normalized spacial score (nSPS) is 10.1. The van der Waals surface area contributed by atoms with Gasteiger partial charge in [-0.15, -0.1) is 12.6 Å². The van der Waals surface area contributed by atoms with E-state index in [9.17, 15) is 0 Å². The minimum absolute atomic E-state index is 0.602. The Balaban J connectivity index is 2.76. The Labute approximate surface area is 91.1 Å². The molecule has 0 N–H and O–H groups in total. The molecule has 0 saturated carbocycles. The van der Waals surface area contributed by atoms with E-state index < -0.39 is 0 Å². The number of methoxy groups -OCH3 is 1. The number of thiophene rings is 1. The van der Waals surface area contributed by atoms with Crippen LogP contribution in [0.2, 0.25) is 0 Å². The van der Waals surface area contributed by atoms with Crippen molar-refractivity contribution < 1.29 is 4.74 Å². The first-order valence-electron chi connectivity index (χ1n) is 3.96. The molecule has 0 unspecified atom stereocenters. The van der Waals surface area contributed by atoms with Crippen LogP contribution in [-0.2, 0) is 0 Å².